The van der Waals surface area contributed by atoms with Crippen molar-refractivity contribution in [3.63, 3.8) is 0 Å². The largest absolute Gasteiger partial charge is 0.340 e. The number of amides is 1. The van der Waals surface area contributed by atoms with Crippen molar-refractivity contribution in [1.82, 2.24) is 10.2 Å². The van der Waals surface area contributed by atoms with Crippen molar-refractivity contribution in [3.05, 3.63) is 0 Å². The molecular formula is C14H28N2O. The lowest BCUT2D eigenvalue weighted by Gasteiger charge is -2.32. The van der Waals surface area contributed by atoms with Crippen LogP contribution in [0.2, 0.25) is 0 Å². The van der Waals surface area contributed by atoms with Gasteiger partial charge in [0.25, 0.3) is 0 Å². The monoisotopic (exact) mass is 240 g/mol. The second kappa shape index (κ2) is 7.70. The van der Waals surface area contributed by atoms with Crippen molar-refractivity contribution >= 4 is 5.91 Å². The van der Waals surface area contributed by atoms with E-state index in [0.717, 1.165) is 38.9 Å². The molecule has 1 unspecified atom stereocenters. The van der Waals surface area contributed by atoms with E-state index in [1.807, 2.05) is 0 Å². The zero-order valence-electron chi connectivity index (χ0n) is 11.7. The van der Waals surface area contributed by atoms with E-state index in [2.05, 4.69) is 31.0 Å². The minimum atomic E-state index is 0.216. The van der Waals surface area contributed by atoms with Gasteiger partial charge in [-0.05, 0) is 39.7 Å². The van der Waals surface area contributed by atoms with Crippen LogP contribution in [0.4, 0.5) is 0 Å². The van der Waals surface area contributed by atoms with Crippen LogP contribution in [0.15, 0.2) is 0 Å². The van der Waals surface area contributed by atoms with E-state index in [0.29, 0.717) is 11.9 Å². The van der Waals surface area contributed by atoms with Crippen LogP contribution in [-0.4, -0.2) is 36.5 Å². The summed E-state index contributed by atoms with van der Waals surface area (Å²) < 4.78 is 0. The van der Waals surface area contributed by atoms with Gasteiger partial charge < -0.3 is 10.2 Å². The van der Waals surface area contributed by atoms with Crippen LogP contribution in [0.3, 0.4) is 0 Å². The molecule has 1 heterocycles. The molecule has 1 fully saturated rings. The van der Waals surface area contributed by atoms with Gasteiger partial charge in [0.15, 0.2) is 0 Å². The van der Waals surface area contributed by atoms with Gasteiger partial charge >= 0.3 is 0 Å². The van der Waals surface area contributed by atoms with E-state index >= 15 is 0 Å². The highest BCUT2D eigenvalue weighted by atomic mass is 16.2. The predicted octanol–water partition coefficient (Wildman–Crippen LogP) is 2.41. The third-order valence-electron chi connectivity index (χ3n) is 3.56. The number of unbranched alkanes of at least 4 members (excludes halogenated alkanes) is 2. The summed E-state index contributed by atoms with van der Waals surface area (Å²) >= 11 is 0. The second-order valence-corrected chi connectivity index (χ2v) is 5.38. The molecule has 0 aromatic rings. The number of nitrogens with one attached hydrogen (secondary N) is 1. The molecule has 0 aromatic carbocycles. The summed E-state index contributed by atoms with van der Waals surface area (Å²) in [5, 5.41) is 3.33. The van der Waals surface area contributed by atoms with Gasteiger partial charge in [-0.3, -0.25) is 4.79 Å². The molecule has 1 aliphatic rings. The Labute approximate surface area is 106 Å². The van der Waals surface area contributed by atoms with Gasteiger partial charge in [-0.25, -0.2) is 0 Å². The summed E-state index contributed by atoms with van der Waals surface area (Å²) in [5.41, 5.74) is 0. The van der Waals surface area contributed by atoms with Crippen LogP contribution in [0, 0.1) is 5.92 Å². The van der Waals surface area contributed by atoms with Gasteiger partial charge in [-0.15, -0.1) is 0 Å². The fraction of sp³-hybridized carbons (Fsp3) is 0.929. The van der Waals surface area contributed by atoms with Gasteiger partial charge in [0.2, 0.25) is 5.91 Å². The molecule has 0 bridgehead atoms. The van der Waals surface area contributed by atoms with Crippen molar-refractivity contribution < 1.29 is 4.79 Å². The normalized spacial score (nSPS) is 20.6. The van der Waals surface area contributed by atoms with Gasteiger partial charge in [0, 0.05) is 19.1 Å². The molecule has 3 nitrogen and oxygen atoms in total. The van der Waals surface area contributed by atoms with Crippen LogP contribution in [0.25, 0.3) is 0 Å². The van der Waals surface area contributed by atoms with Crippen molar-refractivity contribution in [3.8, 4) is 0 Å². The SMILES string of the molecule is CCCCCN(C(=O)C1CCCNC1)C(C)C. The number of piperidine rings is 1. The molecule has 0 radical (unpaired) electrons. The highest BCUT2D eigenvalue weighted by molar-refractivity contribution is 5.79. The maximum Gasteiger partial charge on any atom is 0.227 e. The van der Waals surface area contributed by atoms with Gasteiger partial charge in [0.05, 0.1) is 5.92 Å². The maximum atomic E-state index is 12.4. The first kappa shape index (κ1) is 14.5. The molecule has 3 heteroatoms. The molecule has 100 valence electrons. The van der Waals surface area contributed by atoms with E-state index < -0.39 is 0 Å². The zero-order valence-corrected chi connectivity index (χ0v) is 11.7. The Balaban J connectivity index is 2.46. The molecule has 17 heavy (non-hydrogen) atoms. The summed E-state index contributed by atoms with van der Waals surface area (Å²) in [7, 11) is 0. The molecule has 0 spiro atoms. The summed E-state index contributed by atoms with van der Waals surface area (Å²) in [4.78, 5) is 14.5. The fourth-order valence-corrected chi connectivity index (χ4v) is 2.45. The lowest BCUT2D eigenvalue weighted by molar-refractivity contribution is -0.137. The Morgan fingerprint density at radius 3 is 2.71 bits per heavy atom. The molecule has 0 aliphatic carbocycles. The standard InChI is InChI=1S/C14H28N2O/c1-4-5-6-10-16(12(2)3)14(17)13-8-7-9-15-11-13/h12-13,15H,4-11H2,1-3H3. The topological polar surface area (TPSA) is 32.3 Å². The van der Waals surface area contributed by atoms with Crippen molar-refractivity contribution in [2.24, 2.45) is 5.92 Å². The molecule has 1 N–H and O–H groups in total. The summed E-state index contributed by atoms with van der Waals surface area (Å²) in [6, 6.07) is 0.335. The van der Waals surface area contributed by atoms with E-state index in [1.165, 1.54) is 12.8 Å². The number of carbonyl (C=O) groups excluding carboxylic acids is 1. The van der Waals surface area contributed by atoms with Crippen LogP contribution >= 0.6 is 0 Å². The average molecular weight is 240 g/mol. The number of rotatable bonds is 6. The Kier molecular flexibility index (Phi) is 6.56. The third kappa shape index (κ3) is 4.66. The predicted molar refractivity (Wildman–Crippen MR) is 72.0 cm³/mol. The number of hydrogen-bond acceptors (Lipinski definition) is 2. The zero-order chi connectivity index (χ0) is 12.7. The van der Waals surface area contributed by atoms with E-state index in [4.69, 9.17) is 0 Å². The Bertz CT molecular complexity index is 222. The Hall–Kier alpha value is -0.570. The number of nitrogens with zero attached hydrogens (tertiary/aromatic N) is 1. The van der Waals surface area contributed by atoms with E-state index in [9.17, 15) is 4.79 Å². The first-order valence-corrected chi connectivity index (χ1v) is 7.18. The Morgan fingerprint density at radius 1 is 1.41 bits per heavy atom. The smallest absolute Gasteiger partial charge is 0.227 e. The minimum absolute atomic E-state index is 0.216. The molecule has 1 amide bonds. The minimum Gasteiger partial charge on any atom is -0.340 e. The lowest BCUT2D eigenvalue weighted by atomic mass is 9.97. The van der Waals surface area contributed by atoms with Gasteiger partial charge in [-0.2, -0.15) is 0 Å². The fourth-order valence-electron chi connectivity index (χ4n) is 2.45. The van der Waals surface area contributed by atoms with Gasteiger partial charge in [-0.1, -0.05) is 19.8 Å². The highest BCUT2D eigenvalue weighted by Crippen LogP contribution is 2.16. The van der Waals surface area contributed by atoms with E-state index in [-0.39, 0.29) is 5.92 Å². The molecule has 1 aliphatic heterocycles. The second-order valence-electron chi connectivity index (χ2n) is 5.38. The molecule has 0 aromatic heterocycles. The Morgan fingerprint density at radius 2 is 2.18 bits per heavy atom. The average Bonchev–Trinajstić information content (AvgIpc) is 2.34. The first-order valence-electron chi connectivity index (χ1n) is 7.18. The summed E-state index contributed by atoms with van der Waals surface area (Å²) in [5.74, 6) is 0.580. The van der Waals surface area contributed by atoms with Crippen molar-refractivity contribution in [2.45, 2.75) is 58.9 Å². The highest BCUT2D eigenvalue weighted by Gasteiger charge is 2.26. The molecule has 1 atom stereocenters. The molecule has 1 rings (SSSR count). The van der Waals surface area contributed by atoms with Crippen LogP contribution in [0.5, 0.6) is 0 Å². The first-order chi connectivity index (χ1) is 8.16. The summed E-state index contributed by atoms with van der Waals surface area (Å²) in [6.07, 6.45) is 5.77. The lowest BCUT2D eigenvalue weighted by Crippen LogP contribution is -2.46. The van der Waals surface area contributed by atoms with Crippen molar-refractivity contribution in [1.29, 1.82) is 0 Å². The van der Waals surface area contributed by atoms with Gasteiger partial charge in [0.1, 0.15) is 0 Å². The molecule has 1 saturated heterocycles. The van der Waals surface area contributed by atoms with Crippen LogP contribution in [0.1, 0.15) is 52.9 Å². The van der Waals surface area contributed by atoms with E-state index in [1.54, 1.807) is 0 Å². The number of hydrogen-bond donors (Lipinski definition) is 1. The molecular weight excluding hydrogens is 212 g/mol. The quantitative estimate of drug-likeness (QED) is 0.723. The third-order valence-corrected chi connectivity index (χ3v) is 3.56. The maximum absolute atomic E-state index is 12.4. The number of carbonyl (C=O) groups is 1. The molecule has 0 saturated carbocycles. The van der Waals surface area contributed by atoms with Crippen molar-refractivity contribution in [2.75, 3.05) is 19.6 Å². The summed E-state index contributed by atoms with van der Waals surface area (Å²) in [6.45, 7) is 9.32. The van der Waals surface area contributed by atoms with Crippen LogP contribution in [-0.2, 0) is 4.79 Å². The van der Waals surface area contributed by atoms with Crippen LogP contribution < -0.4 is 5.32 Å².